The zero-order valence-corrected chi connectivity index (χ0v) is 17.6. The van der Waals surface area contributed by atoms with E-state index in [1.807, 2.05) is 0 Å². The Labute approximate surface area is 190 Å². The Morgan fingerprint density at radius 3 is 2.76 bits per heavy atom. The minimum absolute atomic E-state index is 0.0318. The molecule has 4 atom stereocenters. The number of hydrogen-bond acceptors (Lipinski definition) is 12. The summed E-state index contributed by atoms with van der Waals surface area (Å²) in [6, 6.07) is 2.89. The third-order valence-electron chi connectivity index (χ3n) is 5.26. The Morgan fingerprint density at radius 1 is 1.35 bits per heavy atom. The number of hydrogen-bond donors (Lipinski definition) is 6. The molecule has 4 unspecified atom stereocenters. The number of imidazole rings is 1. The highest BCUT2D eigenvalue weighted by molar-refractivity contribution is 5.89. The first-order valence-corrected chi connectivity index (χ1v) is 9.99. The molecule has 0 bridgehead atoms. The molecule has 4 rings (SSSR count). The predicted molar refractivity (Wildman–Crippen MR) is 117 cm³/mol. The van der Waals surface area contributed by atoms with Gasteiger partial charge in [0.2, 0.25) is 5.95 Å². The summed E-state index contributed by atoms with van der Waals surface area (Å²) in [4.78, 5) is 48.0. The van der Waals surface area contributed by atoms with Crippen molar-refractivity contribution in [2.75, 3.05) is 17.8 Å². The summed E-state index contributed by atoms with van der Waals surface area (Å²) in [6.07, 6.45) is -3.12. The van der Waals surface area contributed by atoms with E-state index in [-0.39, 0.29) is 29.2 Å². The second-order valence-electron chi connectivity index (χ2n) is 7.40. The highest BCUT2D eigenvalue weighted by Crippen LogP contribution is 2.30. The zero-order chi connectivity index (χ0) is 24.6. The lowest BCUT2D eigenvalue weighted by Crippen LogP contribution is -2.36. The number of nitrogens with zero attached hydrogens (tertiary/aromatic N) is 4. The van der Waals surface area contributed by atoms with Gasteiger partial charge in [0.15, 0.2) is 17.4 Å². The topological polar surface area (TPSA) is 226 Å². The lowest BCUT2D eigenvalue weighted by atomic mass is 10.1. The second-order valence-corrected chi connectivity index (χ2v) is 7.40. The maximum absolute atomic E-state index is 13.1. The Balaban J connectivity index is 1.60. The fourth-order valence-electron chi connectivity index (χ4n) is 3.65. The van der Waals surface area contributed by atoms with Gasteiger partial charge in [-0.25, -0.2) is 25.0 Å². The number of fused-ring (bicyclic) bond motifs is 1. The Bertz CT molecular complexity index is 1350. The SMILES string of the molecule is C=CCn1c(=O)n(C2OC(COC(=O)c3ccc(NN)nc3)C(O)C2O)c2nc(N)[nH]c(=O)c21. The van der Waals surface area contributed by atoms with Gasteiger partial charge in [0.05, 0.1) is 5.56 Å². The average Bonchev–Trinajstić information content (AvgIpc) is 3.25. The third-order valence-corrected chi connectivity index (χ3v) is 5.26. The lowest BCUT2D eigenvalue weighted by Gasteiger charge is -2.15. The van der Waals surface area contributed by atoms with Gasteiger partial charge in [-0.05, 0) is 12.1 Å². The fraction of sp³-hybridized carbons (Fsp3) is 0.316. The predicted octanol–water partition coefficient (Wildman–Crippen LogP) is -2.19. The second kappa shape index (κ2) is 9.06. The largest absolute Gasteiger partial charge is 0.459 e. The molecule has 0 saturated carbocycles. The number of hydrazine groups is 1. The summed E-state index contributed by atoms with van der Waals surface area (Å²) < 4.78 is 12.8. The minimum Gasteiger partial charge on any atom is -0.459 e. The van der Waals surface area contributed by atoms with Crippen LogP contribution in [0.4, 0.5) is 11.8 Å². The van der Waals surface area contributed by atoms with Crippen molar-refractivity contribution in [2.45, 2.75) is 31.1 Å². The van der Waals surface area contributed by atoms with Crippen LogP contribution in [0.15, 0.2) is 40.6 Å². The van der Waals surface area contributed by atoms with Crippen LogP contribution in [0.5, 0.6) is 0 Å². The number of aliphatic hydroxyl groups is 2. The van der Waals surface area contributed by atoms with E-state index in [0.29, 0.717) is 5.82 Å². The number of ether oxygens (including phenoxy) is 2. The number of pyridine rings is 1. The molecule has 4 heterocycles. The molecule has 0 radical (unpaired) electrons. The first-order chi connectivity index (χ1) is 16.3. The van der Waals surface area contributed by atoms with Crippen molar-refractivity contribution in [2.24, 2.45) is 5.84 Å². The van der Waals surface area contributed by atoms with Crippen LogP contribution in [0, 0.1) is 0 Å². The van der Waals surface area contributed by atoms with E-state index in [1.54, 1.807) is 0 Å². The molecule has 0 aromatic carbocycles. The number of anilines is 2. The number of aliphatic hydroxyl groups excluding tert-OH is 2. The molecular weight excluding hydrogens is 452 g/mol. The molecule has 15 heteroatoms. The van der Waals surface area contributed by atoms with Crippen LogP contribution in [-0.2, 0) is 16.0 Å². The molecule has 1 fully saturated rings. The van der Waals surface area contributed by atoms with Gasteiger partial charge in [-0.15, -0.1) is 6.58 Å². The molecule has 180 valence electrons. The smallest absolute Gasteiger partial charge is 0.339 e. The maximum atomic E-state index is 13.1. The number of carbonyl (C=O) groups excluding carboxylic acids is 1. The number of aromatic nitrogens is 5. The van der Waals surface area contributed by atoms with E-state index < -0.39 is 48.4 Å². The molecule has 1 aliphatic heterocycles. The molecule has 34 heavy (non-hydrogen) atoms. The van der Waals surface area contributed by atoms with Gasteiger partial charge in [0, 0.05) is 12.7 Å². The monoisotopic (exact) mass is 474 g/mol. The van der Waals surface area contributed by atoms with E-state index in [1.165, 1.54) is 24.4 Å². The van der Waals surface area contributed by atoms with Gasteiger partial charge >= 0.3 is 11.7 Å². The summed E-state index contributed by atoms with van der Waals surface area (Å²) in [5.41, 5.74) is 6.39. The number of nitrogen functional groups attached to an aromatic ring is 2. The number of aromatic amines is 1. The molecule has 3 aromatic rings. The maximum Gasteiger partial charge on any atom is 0.339 e. The van der Waals surface area contributed by atoms with E-state index in [2.05, 4.69) is 27.0 Å². The van der Waals surface area contributed by atoms with Gasteiger partial charge in [-0.1, -0.05) is 6.08 Å². The van der Waals surface area contributed by atoms with Crippen molar-refractivity contribution < 1.29 is 24.5 Å². The van der Waals surface area contributed by atoms with Crippen LogP contribution < -0.4 is 28.3 Å². The summed E-state index contributed by atoms with van der Waals surface area (Å²) in [6.45, 7) is 3.09. The van der Waals surface area contributed by atoms with Gasteiger partial charge < -0.3 is 30.8 Å². The molecule has 3 aromatic heterocycles. The van der Waals surface area contributed by atoms with Crippen LogP contribution in [0.3, 0.4) is 0 Å². The van der Waals surface area contributed by atoms with Crippen molar-refractivity contribution in [1.29, 1.82) is 0 Å². The number of esters is 1. The van der Waals surface area contributed by atoms with Crippen LogP contribution in [0.25, 0.3) is 11.2 Å². The highest BCUT2D eigenvalue weighted by Gasteiger charge is 2.46. The van der Waals surface area contributed by atoms with Crippen LogP contribution in [-0.4, -0.2) is 65.2 Å². The Hall–Kier alpha value is -4.05. The number of nitrogens with one attached hydrogen (secondary N) is 2. The first kappa shape index (κ1) is 23.1. The number of nitrogens with two attached hydrogens (primary N) is 2. The van der Waals surface area contributed by atoms with E-state index in [9.17, 15) is 24.6 Å². The number of carbonyl (C=O) groups is 1. The fourth-order valence-corrected chi connectivity index (χ4v) is 3.65. The molecule has 1 aliphatic rings. The third kappa shape index (κ3) is 3.92. The standard InChI is InChI=1S/C19H22N8O7/c1-2-5-26-11-14(23-18(20)24-15(11)30)27(19(26)32)16-13(29)12(28)9(34-16)7-33-17(31)8-3-4-10(25-21)22-6-8/h2-4,6,9,12-13,16,28-29H,1,5,7,21H2,(H,22,25)(H3,20,23,24,30). The minimum atomic E-state index is -1.61. The van der Waals surface area contributed by atoms with Crippen molar-refractivity contribution in [3.63, 3.8) is 0 Å². The van der Waals surface area contributed by atoms with Crippen molar-refractivity contribution in [3.8, 4) is 0 Å². The molecular formula is C19H22N8O7. The van der Waals surface area contributed by atoms with E-state index >= 15 is 0 Å². The van der Waals surface area contributed by atoms with Crippen LogP contribution in [0.2, 0.25) is 0 Å². The van der Waals surface area contributed by atoms with Gasteiger partial charge in [0.25, 0.3) is 5.56 Å². The van der Waals surface area contributed by atoms with Crippen molar-refractivity contribution in [1.82, 2.24) is 24.1 Å². The zero-order valence-electron chi connectivity index (χ0n) is 17.6. The average molecular weight is 474 g/mol. The highest BCUT2D eigenvalue weighted by atomic mass is 16.6. The quantitative estimate of drug-likeness (QED) is 0.0929. The number of allylic oxidation sites excluding steroid dienone is 1. The van der Waals surface area contributed by atoms with Crippen LogP contribution in [0.1, 0.15) is 16.6 Å². The van der Waals surface area contributed by atoms with Gasteiger partial charge in [-0.2, -0.15) is 4.98 Å². The Morgan fingerprint density at radius 2 is 2.12 bits per heavy atom. The molecule has 15 nitrogen and oxygen atoms in total. The van der Waals surface area contributed by atoms with Crippen molar-refractivity contribution in [3.05, 3.63) is 57.4 Å². The molecule has 8 N–H and O–H groups in total. The molecule has 1 saturated heterocycles. The number of H-pyrrole nitrogens is 1. The normalized spacial score (nSPS) is 22.1. The number of rotatable bonds is 7. The lowest BCUT2D eigenvalue weighted by molar-refractivity contribution is -0.0579. The van der Waals surface area contributed by atoms with Crippen LogP contribution >= 0.6 is 0 Å². The molecule has 0 amide bonds. The van der Waals surface area contributed by atoms with Crippen molar-refractivity contribution >= 4 is 28.9 Å². The summed E-state index contributed by atoms with van der Waals surface area (Å²) in [5, 5.41) is 21.1. The molecule has 0 aliphatic carbocycles. The van der Waals surface area contributed by atoms with E-state index in [4.69, 9.17) is 21.1 Å². The Kier molecular flexibility index (Phi) is 6.16. The summed E-state index contributed by atoms with van der Waals surface area (Å²) in [5.74, 6) is 4.55. The molecule has 0 spiro atoms. The summed E-state index contributed by atoms with van der Waals surface area (Å²) in [7, 11) is 0. The summed E-state index contributed by atoms with van der Waals surface area (Å²) >= 11 is 0. The first-order valence-electron chi connectivity index (χ1n) is 9.99. The van der Waals surface area contributed by atoms with E-state index in [0.717, 1.165) is 9.13 Å². The van der Waals surface area contributed by atoms with Gasteiger partial charge in [-0.3, -0.25) is 14.3 Å². The van der Waals surface area contributed by atoms with Gasteiger partial charge in [0.1, 0.15) is 30.7 Å².